The Morgan fingerprint density at radius 2 is 1.93 bits per heavy atom. The summed E-state index contributed by atoms with van der Waals surface area (Å²) >= 11 is 0. The molecule has 3 atom stereocenters. The molecule has 4 rings (SSSR count). The Balaban J connectivity index is 1.69. The Kier molecular flexibility index (Phi) is 4.70. The van der Waals surface area contributed by atoms with Gasteiger partial charge in [-0.05, 0) is 29.4 Å². The van der Waals surface area contributed by atoms with E-state index in [1.807, 2.05) is 18.2 Å². The summed E-state index contributed by atoms with van der Waals surface area (Å²) in [4.78, 5) is 6.57. The fourth-order valence-electron chi connectivity index (χ4n) is 4.93. The number of hydrogen-bond donors (Lipinski definition) is 0. The third-order valence-electron chi connectivity index (χ3n) is 6.53. The second kappa shape index (κ2) is 6.92. The van der Waals surface area contributed by atoms with Gasteiger partial charge in [-0.3, -0.25) is 4.90 Å². The van der Waals surface area contributed by atoms with Gasteiger partial charge in [0.05, 0.1) is 27.5 Å². The predicted octanol–water partition coefficient (Wildman–Crippen LogP) is 4.08. The topological polar surface area (TPSA) is 43.8 Å². The van der Waals surface area contributed by atoms with Gasteiger partial charge < -0.3 is 14.2 Å². The summed E-state index contributed by atoms with van der Waals surface area (Å²) in [5.41, 5.74) is 2.14. The second-order valence-corrected chi connectivity index (χ2v) is 8.26. The molecule has 2 aliphatic rings. The summed E-state index contributed by atoms with van der Waals surface area (Å²) in [7, 11) is 4.90. The highest BCUT2D eigenvalue weighted by molar-refractivity contribution is 5.42. The average molecular weight is 386 g/mol. The van der Waals surface area contributed by atoms with Crippen molar-refractivity contribution in [2.45, 2.75) is 26.4 Å². The normalized spacial score (nSPS) is 25.3. The maximum atomic E-state index is 14.1. The summed E-state index contributed by atoms with van der Waals surface area (Å²) in [6.07, 6.45) is 1.21. The lowest BCUT2D eigenvalue weighted by atomic mass is 9.95. The van der Waals surface area contributed by atoms with Crippen LogP contribution in [-0.2, 0) is 6.54 Å². The van der Waals surface area contributed by atoms with Crippen molar-refractivity contribution in [2.24, 2.45) is 17.3 Å². The molecule has 1 aliphatic heterocycles. The number of pyridine rings is 1. The SMILES string of the molecule is COc1ccc(CN2CC3C(C2c2cc(F)cnc2OC)C3(C)C)c(OC)c1. The number of nitrogens with zero attached hydrogens (tertiary/aromatic N) is 2. The van der Waals surface area contributed by atoms with Crippen LogP contribution < -0.4 is 14.2 Å². The van der Waals surface area contributed by atoms with Crippen molar-refractivity contribution in [2.75, 3.05) is 27.9 Å². The Morgan fingerprint density at radius 1 is 1.14 bits per heavy atom. The van der Waals surface area contributed by atoms with E-state index in [-0.39, 0.29) is 17.3 Å². The number of rotatable bonds is 6. The minimum absolute atomic E-state index is 0.0601. The molecule has 0 spiro atoms. The zero-order valence-electron chi connectivity index (χ0n) is 17.0. The summed E-state index contributed by atoms with van der Waals surface area (Å²) in [5.74, 6) is 2.76. The molecule has 0 N–H and O–H groups in total. The minimum atomic E-state index is -0.334. The third-order valence-corrected chi connectivity index (χ3v) is 6.53. The number of aromatic nitrogens is 1. The molecule has 2 heterocycles. The van der Waals surface area contributed by atoms with Gasteiger partial charge in [-0.15, -0.1) is 0 Å². The molecule has 1 saturated carbocycles. The molecular formula is C22H27FN2O3. The molecule has 0 amide bonds. The molecule has 6 heteroatoms. The minimum Gasteiger partial charge on any atom is -0.497 e. The molecule has 3 unspecified atom stereocenters. The van der Waals surface area contributed by atoms with Crippen molar-refractivity contribution in [3.8, 4) is 17.4 Å². The largest absolute Gasteiger partial charge is 0.497 e. The van der Waals surface area contributed by atoms with E-state index in [9.17, 15) is 4.39 Å². The van der Waals surface area contributed by atoms with Crippen molar-refractivity contribution < 1.29 is 18.6 Å². The van der Waals surface area contributed by atoms with Crippen LogP contribution in [0, 0.1) is 23.1 Å². The quantitative estimate of drug-likeness (QED) is 0.749. The number of hydrogen-bond acceptors (Lipinski definition) is 5. The number of piperidine rings is 1. The average Bonchev–Trinajstić information content (AvgIpc) is 3.03. The maximum Gasteiger partial charge on any atom is 0.218 e. The van der Waals surface area contributed by atoms with E-state index < -0.39 is 0 Å². The van der Waals surface area contributed by atoms with Crippen LogP contribution in [0.25, 0.3) is 0 Å². The van der Waals surface area contributed by atoms with Crippen LogP contribution in [0.1, 0.15) is 31.0 Å². The maximum absolute atomic E-state index is 14.1. The number of likely N-dealkylation sites (tertiary alicyclic amines) is 1. The summed E-state index contributed by atoms with van der Waals surface area (Å²) < 4.78 is 30.4. The zero-order valence-corrected chi connectivity index (χ0v) is 17.0. The van der Waals surface area contributed by atoms with Gasteiger partial charge in [-0.25, -0.2) is 9.37 Å². The van der Waals surface area contributed by atoms with Crippen LogP contribution in [-0.4, -0.2) is 37.8 Å². The fraction of sp³-hybridized carbons (Fsp3) is 0.500. The predicted molar refractivity (Wildman–Crippen MR) is 104 cm³/mol. The molecule has 1 aliphatic carbocycles. The lowest BCUT2D eigenvalue weighted by Crippen LogP contribution is -2.30. The molecule has 150 valence electrons. The summed E-state index contributed by atoms with van der Waals surface area (Å²) in [5, 5.41) is 0. The second-order valence-electron chi connectivity index (χ2n) is 8.26. The molecule has 28 heavy (non-hydrogen) atoms. The van der Waals surface area contributed by atoms with E-state index in [4.69, 9.17) is 14.2 Å². The summed E-state index contributed by atoms with van der Waals surface area (Å²) in [6.45, 7) is 6.25. The smallest absolute Gasteiger partial charge is 0.218 e. The van der Waals surface area contributed by atoms with E-state index in [0.717, 1.165) is 29.2 Å². The Hall–Kier alpha value is -2.34. The third kappa shape index (κ3) is 3.00. The molecule has 0 radical (unpaired) electrons. The Bertz CT molecular complexity index is 886. The van der Waals surface area contributed by atoms with Crippen LogP contribution in [0.3, 0.4) is 0 Å². The van der Waals surface area contributed by atoms with Crippen molar-refractivity contribution in [3.63, 3.8) is 0 Å². The van der Waals surface area contributed by atoms with Gasteiger partial charge in [0.15, 0.2) is 0 Å². The number of fused-ring (bicyclic) bond motifs is 1. The number of benzene rings is 1. The van der Waals surface area contributed by atoms with Gasteiger partial charge in [0.25, 0.3) is 0 Å². The van der Waals surface area contributed by atoms with Crippen LogP contribution >= 0.6 is 0 Å². The van der Waals surface area contributed by atoms with Gasteiger partial charge in [-0.1, -0.05) is 19.9 Å². The number of methoxy groups -OCH3 is 3. The van der Waals surface area contributed by atoms with Crippen molar-refractivity contribution >= 4 is 0 Å². The van der Waals surface area contributed by atoms with E-state index in [0.29, 0.717) is 24.3 Å². The van der Waals surface area contributed by atoms with Crippen LogP contribution in [0.2, 0.25) is 0 Å². The Morgan fingerprint density at radius 3 is 2.61 bits per heavy atom. The van der Waals surface area contributed by atoms with Crippen molar-refractivity contribution in [1.82, 2.24) is 9.88 Å². The van der Waals surface area contributed by atoms with Gasteiger partial charge in [0.2, 0.25) is 5.88 Å². The number of ether oxygens (including phenoxy) is 3. The highest BCUT2D eigenvalue weighted by atomic mass is 19.1. The fourth-order valence-corrected chi connectivity index (χ4v) is 4.93. The lowest BCUT2D eigenvalue weighted by molar-refractivity contribution is 0.169. The zero-order chi connectivity index (χ0) is 20.1. The standard InChI is InChI=1S/C22H27FN2O3/c1-22(2)17-12-25(11-13-6-7-15(26-3)9-18(13)27-4)20(19(17)22)16-8-14(23)10-24-21(16)28-5/h6-10,17,19-20H,11-12H2,1-5H3. The van der Waals surface area contributed by atoms with Gasteiger partial charge in [-0.2, -0.15) is 0 Å². The van der Waals surface area contributed by atoms with E-state index >= 15 is 0 Å². The molecule has 1 aromatic heterocycles. The molecule has 2 fully saturated rings. The summed E-state index contributed by atoms with van der Waals surface area (Å²) in [6, 6.07) is 7.51. The van der Waals surface area contributed by atoms with Crippen LogP contribution in [0.5, 0.6) is 17.4 Å². The molecule has 2 aromatic rings. The first-order valence-electron chi connectivity index (χ1n) is 9.55. The first kappa shape index (κ1) is 19.0. The number of halogens is 1. The monoisotopic (exact) mass is 386 g/mol. The Labute approximate surface area is 165 Å². The van der Waals surface area contributed by atoms with Crippen molar-refractivity contribution in [3.05, 3.63) is 47.4 Å². The molecule has 1 saturated heterocycles. The molecular weight excluding hydrogens is 359 g/mol. The van der Waals surface area contributed by atoms with E-state index in [1.54, 1.807) is 27.4 Å². The molecule has 1 aromatic carbocycles. The van der Waals surface area contributed by atoms with Crippen molar-refractivity contribution in [1.29, 1.82) is 0 Å². The lowest BCUT2D eigenvalue weighted by Gasteiger charge is -2.32. The highest BCUT2D eigenvalue weighted by Crippen LogP contribution is 2.69. The van der Waals surface area contributed by atoms with Gasteiger partial charge in [0, 0.05) is 36.3 Å². The van der Waals surface area contributed by atoms with Gasteiger partial charge in [0.1, 0.15) is 17.3 Å². The van der Waals surface area contributed by atoms with Crippen LogP contribution in [0.15, 0.2) is 30.5 Å². The first-order chi connectivity index (χ1) is 13.4. The highest BCUT2D eigenvalue weighted by Gasteiger charge is 2.67. The van der Waals surface area contributed by atoms with E-state index in [2.05, 4.69) is 23.7 Å². The first-order valence-corrected chi connectivity index (χ1v) is 9.55. The molecule has 5 nitrogen and oxygen atoms in total. The van der Waals surface area contributed by atoms with Gasteiger partial charge >= 0.3 is 0 Å². The van der Waals surface area contributed by atoms with E-state index in [1.165, 1.54) is 6.20 Å². The molecule has 0 bridgehead atoms. The van der Waals surface area contributed by atoms with Crippen LogP contribution in [0.4, 0.5) is 4.39 Å².